The van der Waals surface area contributed by atoms with Crippen LogP contribution in [0.15, 0.2) is 57.2 Å². The lowest BCUT2D eigenvalue weighted by Crippen LogP contribution is -2.43. The molecule has 7 nitrogen and oxygen atoms in total. The van der Waals surface area contributed by atoms with Gasteiger partial charge in [0.2, 0.25) is 10.0 Å². The van der Waals surface area contributed by atoms with Crippen molar-refractivity contribution < 1.29 is 17.9 Å². The summed E-state index contributed by atoms with van der Waals surface area (Å²) in [7, 11) is -3.82. The van der Waals surface area contributed by atoms with E-state index in [1.54, 1.807) is 23.1 Å². The van der Waals surface area contributed by atoms with E-state index in [2.05, 4.69) is 4.90 Å². The number of carbonyl (C=O) groups excluding carboxylic acids is 1. The van der Waals surface area contributed by atoms with Crippen molar-refractivity contribution in [3.8, 4) is 0 Å². The Morgan fingerprint density at radius 2 is 1.79 bits per heavy atom. The summed E-state index contributed by atoms with van der Waals surface area (Å²) in [6.07, 6.45) is 0. The molecule has 28 heavy (non-hydrogen) atoms. The molecule has 2 aliphatic heterocycles. The molecule has 0 unspecified atom stereocenters. The Morgan fingerprint density at radius 3 is 2.54 bits per heavy atom. The molecule has 0 radical (unpaired) electrons. The van der Waals surface area contributed by atoms with E-state index < -0.39 is 10.0 Å². The highest BCUT2D eigenvalue weighted by Crippen LogP contribution is 2.42. The monoisotopic (exact) mass is 419 g/mol. The first-order valence-corrected chi connectivity index (χ1v) is 11.4. The number of primary sulfonamides is 1. The molecule has 1 saturated heterocycles. The third-order valence-corrected chi connectivity index (χ3v) is 6.91. The maximum atomic E-state index is 13.3. The van der Waals surface area contributed by atoms with Gasteiger partial charge in [-0.05, 0) is 30.3 Å². The van der Waals surface area contributed by atoms with E-state index in [1.807, 2.05) is 18.2 Å². The van der Waals surface area contributed by atoms with Crippen molar-refractivity contribution in [2.45, 2.75) is 14.7 Å². The van der Waals surface area contributed by atoms with Crippen LogP contribution >= 0.6 is 11.8 Å². The predicted octanol–water partition coefficient (Wildman–Crippen LogP) is 1.78. The lowest BCUT2D eigenvalue weighted by atomic mass is 10.1. The van der Waals surface area contributed by atoms with E-state index in [0.717, 1.165) is 24.5 Å². The van der Waals surface area contributed by atoms with Crippen molar-refractivity contribution in [3.63, 3.8) is 0 Å². The Kier molecular flexibility index (Phi) is 5.44. The Hall–Kier alpha value is -1.91. The number of nitrogens with zero attached hydrogens (tertiary/aromatic N) is 2. The molecule has 148 valence electrons. The number of carbonyl (C=O) groups is 1. The minimum absolute atomic E-state index is 0.0405. The summed E-state index contributed by atoms with van der Waals surface area (Å²) in [5, 5.41) is 5.31. The van der Waals surface area contributed by atoms with Crippen LogP contribution < -0.4 is 10.0 Å². The Morgan fingerprint density at radius 1 is 1.04 bits per heavy atom. The van der Waals surface area contributed by atoms with Gasteiger partial charge in [0, 0.05) is 36.0 Å². The fraction of sp³-hybridized carbons (Fsp3) is 0.316. The molecule has 4 rings (SSSR count). The number of hydrogen-bond acceptors (Lipinski definition) is 6. The fourth-order valence-corrected chi connectivity index (χ4v) is 5.10. The van der Waals surface area contributed by atoms with Crippen molar-refractivity contribution in [2.75, 3.05) is 44.3 Å². The van der Waals surface area contributed by atoms with Crippen LogP contribution in [-0.2, 0) is 14.8 Å². The normalized spacial score (nSPS) is 17.8. The quantitative estimate of drug-likeness (QED) is 0.812. The fourth-order valence-electron chi connectivity index (χ4n) is 3.37. The van der Waals surface area contributed by atoms with Crippen LogP contribution in [-0.4, -0.2) is 58.6 Å². The highest BCUT2D eigenvalue weighted by molar-refractivity contribution is 7.99. The van der Waals surface area contributed by atoms with Crippen LogP contribution in [0.3, 0.4) is 0 Å². The molecular weight excluding hydrogens is 398 g/mol. The van der Waals surface area contributed by atoms with Crippen LogP contribution in [0.4, 0.5) is 5.69 Å². The smallest absolute Gasteiger partial charge is 0.259 e. The molecule has 0 aromatic heterocycles. The number of amides is 1. The van der Waals surface area contributed by atoms with Crippen molar-refractivity contribution in [1.82, 2.24) is 4.90 Å². The van der Waals surface area contributed by atoms with Gasteiger partial charge in [-0.25, -0.2) is 13.6 Å². The maximum absolute atomic E-state index is 13.3. The van der Waals surface area contributed by atoms with E-state index in [9.17, 15) is 13.2 Å². The molecule has 2 N–H and O–H groups in total. The van der Waals surface area contributed by atoms with E-state index in [0.29, 0.717) is 35.9 Å². The van der Waals surface area contributed by atoms with E-state index in [1.165, 1.54) is 17.8 Å². The summed E-state index contributed by atoms with van der Waals surface area (Å²) in [6, 6.07) is 12.1. The molecule has 0 aliphatic carbocycles. The lowest BCUT2D eigenvalue weighted by molar-refractivity contribution is 0.0391. The number of fused-ring (bicyclic) bond motifs is 2. The van der Waals surface area contributed by atoms with Crippen LogP contribution in [0.2, 0.25) is 0 Å². The van der Waals surface area contributed by atoms with Crippen LogP contribution in [0.25, 0.3) is 0 Å². The van der Waals surface area contributed by atoms with Crippen molar-refractivity contribution >= 4 is 33.4 Å². The number of benzene rings is 2. The van der Waals surface area contributed by atoms with Gasteiger partial charge in [-0.1, -0.05) is 23.9 Å². The van der Waals surface area contributed by atoms with E-state index in [4.69, 9.17) is 9.88 Å². The largest absolute Gasteiger partial charge is 0.379 e. The molecule has 0 spiro atoms. The second-order valence-electron chi connectivity index (χ2n) is 6.68. The first-order chi connectivity index (χ1) is 13.4. The average molecular weight is 420 g/mol. The number of hydrogen-bond donors (Lipinski definition) is 1. The maximum Gasteiger partial charge on any atom is 0.259 e. The first kappa shape index (κ1) is 19.4. The number of rotatable bonds is 4. The highest BCUT2D eigenvalue weighted by atomic mass is 32.2. The van der Waals surface area contributed by atoms with Crippen LogP contribution in [0, 0.1) is 0 Å². The summed E-state index contributed by atoms with van der Waals surface area (Å²) in [5.41, 5.74) is 1.31. The number of nitrogens with two attached hydrogens (primary N) is 1. The SMILES string of the molecule is NS(=O)(=O)c1ccc2c(c1)Sc1ccccc1C(=O)N2CCN1CCOCC1. The minimum Gasteiger partial charge on any atom is -0.379 e. The molecule has 0 saturated carbocycles. The molecule has 1 fully saturated rings. The van der Waals surface area contributed by atoms with Crippen molar-refractivity contribution in [3.05, 3.63) is 48.0 Å². The van der Waals surface area contributed by atoms with Crippen molar-refractivity contribution in [1.29, 1.82) is 0 Å². The predicted molar refractivity (Wildman–Crippen MR) is 107 cm³/mol. The topological polar surface area (TPSA) is 92.9 Å². The third-order valence-electron chi connectivity index (χ3n) is 4.88. The van der Waals surface area contributed by atoms with E-state index >= 15 is 0 Å². The van der Waals surface area contributed by atoms with Gasteiger partial charge in [0.25, 0.3) is 5.91 Å². The van der Waals surface area contributed by atoms with Gasteiger partial charge < -0.3 is 9.64 Å². The number of anilines is 1. The summed E-state index contributed by atoms with van der Waals surface area (Å²) < 4.78 is 29.0. The highest BCUT2D eigenvalue weighted by Gasteiger charge is 2.28. The van der Waals surface area contributed by atoms with Gasteiger partial charge in [0.15, 0.2) is 0 Å². The van der Waals surface area contributed by atoms with Gasteiger partial charge in [-0.15, -0.1) is 0 Å². The Balaban J connectivity index is 1.72. The molecule has 9 heteroatoms. The number of sulfonamides is 1. The average Bonchev–Trinajstić information content (AvgIpc) is 2.80. The second kappa shape index (κ2) is 7.84. The van der Waals surface area contributed by atoms with Gasteiger partial charge in [-0.2, -0.15) is 0 Å². The third kappa shape index (κ3) is 3.94. The second-order valence-corrected chi connectivity index (χ2v) is 9.33. The van der Waals surface area contributed by atoms with Gasteiger partial charge >= 0.3 is 0 Å². The van der Waals surface area contributed by atoms with Gasteiger partial charge in [-0.3, -0.25) is 9.69 Å². The van der Waals surface area contributed by atoms with E-state index in [-0.39, 0.29) is 10.8 Å². The van der Waals surface area contributed by atoms with Crippen molar-refractivity contribution in [2.24, 2.45) is 5.14 Å². The molecule has 2 aromatic rings. The standard InChI is InChI=1S/C19H21N3O4S2/c20-28(24,25)14-5-6-16-18(13-14)27-17-4-2-1-3-15(17)19(23)22(16)8-7-21-9-11-26-12-10-21/h1-6,13H,7-12H2,(H2,20,24,25). The summed E-state index contributed by atoms with van der Waals surface area (Å²) in [5.74, 6) is -0.0848. The molecule has 2 aliphatic rings. The number of morpholine rings is 1. The number of ether oxygens (including phenoxy) is 1. The Bertz CT molecular complexity index is 1000. The zero-order valence-corrected chi connectivity index (χ0v) is 16.8. The zero-order valence-electron chi connectivity index (χ0n) is 15.2. The summed E-state index contributed by atoms with van der Waals surface area (Å²) in [6.45, 7) is 4.30. The molecule has 2 aromatic carbocycles. The molecule has 2 heterocycles. The van der Waals surface area contributed by atoms with Gasteiger partial charge in [0.1, 0.15) is 0 Å². The van der Waals surface area contributed by atoms with Crippen LogP contribution in [0.5, 0.6) is 0 Å². The zero-order chi connectivity index (χ0) is 19.7. The van der Waals surface area contributed by atoms with Crippen LogP contribution in [0.1, 0.15) is 10.4 Å². The molecular formula is C19H21N3O4S2. The first-order valence-electron chi connectivity index (χ1n) is 8.99. The Labute approximate surface area is 168 Å². The molecule has 0 bridgehead atoms. The summed E-state index contributed by atoms with van der Waals surface area (Å²) >= 11 is 1.39. The van der Waals surface area contributed by atoms with Gasteiger partial charge in [0.05, 0.1) is 29.4 Å². The minimum atomic E-state index is -3.82. The molecule has 1 amide bonds. The summed E-state index contributed by atoms with van der Waals surface area (Å²) in [4.78, 5) is 18.8. The molecule has 0 atom stereocenters. The lowest BCUT2D eigenvalue weighted by Gasteiger charge is -2.30.